The van der Waals surface area contributed by atoms with Gasteiger partial charge in [0, 0.05) is 43.9 Å². The Bertz CT molecular complexity index is 3610. The van der Waals surface area contributed by atoms with E-state index in [-0.39, 0.29) is 0 Å². The van der Waals surface area contributed by atoms with Crippen LogP contribution in [0.1, 0.15) is 0 Å². The lowest BCUT2D eigenvalue weighted by Crippen LogP contribution is -2.03. The molecule has 12 aromatic rings. The first-order chi connectivity index (χ1) is 30.7. The minimum atomic E-state index is 0.608. The van der Waals surface area contributed by atoms with E-state index in [0.717, 1.165) is 55.7 Å². The summed E-state index contributed by atoms with van der Waals surface area (Å²) in [5.74, 6) is 1.85. The monoisotopic (exact) mass is 791 g/mol. The zero-order valence-electron chi connectivity index (χ0n) is 33.6. The van der Waals surface area contributed by atoms with Crippen LogP contribution in [-0.4, -0.2) is 24.1 Å². The number of aromatic nitrogens is 5. The van der Waals surface area contributed by atoms with E-state index in [1.54, 1.807) is 0 Å². The predicted molar refractivity (Wildman–Crippen MR) is 256 cm³/mol. The molecule has 0 unspecified atom stereocenters. The maximum atomic E-state index is 5.28. The number of hydrogen-bond acceptors (Lipinski definition) is 3. The summed E-state index contributed by atoms with van der Waals surface area (Å²) < 4.78 is 4.80. The Morgan fingerprint density at radius 3 is 1.37 bits per heavy atom. The van der Waals surface area contributed by atoms with E-state index < -0.39 is 0 Å². The minimum absolute atomic E-state index is 0.608. The number of fused-ring (bicyclic) bond motifs is 6. The summed E-state index contributed by atoms with van der Waals surface area (Å²) in [5, 5.41) is 4.74. The van der Waals surface area contributed by atoms with Crippen molar-refractivity contribution in [3.8, 4) is 67.8 Å². The Morgan fingerprint density at radius 1 is 0.258 bits per heavy atom. The van der Waals surface area contributed by atoms with Crippen LogP contribution in [-0.2, 0) is 0 Å². The molecule has 0 aliphatic carbocycles. The second-order valence-corrected chi connectivity index (χ2v) is 15.6. The average molecular weight is 792 g/mol. The number of rotatable bonds is 7. The Morgan fingerprint density at radius 2 is 0.710 bits per heavy atom. The predicted octanol–water partition coefficient (Wildman–Crippen LogP) is 14.4. The lowest BCUT2D eigenvalue weighted by Gasteiger charge is -2.15. The molecular weight excluding hydrogens is 755 g/mol. The highest BCUT2D eigenvalue weighted by atomic mass is 15.1. The summed E-state index contributed by atoms with van der Waals surface area (Å²) in [6.07, 6.45) is 0. The van der Waals surface area contributed by atoms with Gasteiger partial charge in [-0.05, 0) is 76.9 Å². The highest BCUT2D eigenvalue weighted by Gasteiger charge is 2.22. The van der Waals surface area contributed by atoms with Crippen LogP contribution in [0, 0.1) is 0 Å². The lowest BCUT2D eigenvalue weighted by atomic mass is 10.0. The highest BCUT2D eigenvalue weighted by molar-refractivity contribution is 6.19. The molecule has 0 aliphatic rings. The molecule has 0 saturated carbocycles. The summed E-state index contributed by atoms with van der Waals surface area (Å²) in [4.78, 5) is 15.6. The summed E-state index contributed by atoms with van der Waals surface area (Å²) >= 11 is 0. The van der Waals surface area contributed by atoms with Gasteiger partial charge in [-0.25, -0.2) is 15.0 Å². The zero-order chi connectivity index (χ0) is 41.0. The van der Waals surface area contributed by atoms with Gasteiger partial charge < -0.3 is 9.13 Å². The quantitative estimate of drug-likeness (QED) is 0.162. The Balaban J connectivity index is 1.07. The Hall–Kier alpha value is -8.41. The molecule has 0 radical (unpaired) electrons. The molecular formula is C57H37N5. The van der Waals surface area contributed by atoms with Crippen LogP contribution in [0.2, 0.25) is 0 Å². The number of para-hydroxylation sites is 3. The summed E-state index contributed by atoms with van der Waals surface area (Å²) in [6.45, 7) is 0. The second kappa shape index (κ2) is 14.7. The van der Waals surface area contributed by atoms with Gasteiger partial charge in [-0.1, -0.05) is 170 Å². The van der Waals surface area contributed by atoms with Crippen molar-refractivity contribution in [1.29, 1.82) is 0 Å². The van der Waals surface area contributed by atoms with Crippen LogP contribution in [0.25, 0.3) is 111 Å². The van der Waals surface area contributed by atoms with Crippen molar-refractivity contribution in [3.05, 3.63) is 224 Å². The third-order valence-corrected chi connectivity index (χ3v) is 12.0. The molecule has 5 heteroatoms. The van der Waals surface area contributed by atoms with Gasteiger partial charge in [0.15, 0.2) is 17.5 Å². The van der Waals surface area contributed by atoms with Gasteiger partial charge in [-0.2, -0.15) is 0 Å². The third-order valence-electron chi connectivity index (χ3n) is 12.0. The van der Waals surface area contributed by atoms with Crippen LogP contribution in [0.5, 0.6) is 0 Å². The first kappa shape index (κ1) is 35.5. The van der Waals surface area contributed by atoms with Crippen molar-refractivity contribution in [3.63, 3.8) is 0 Å². The molecule has 5 nitrogen and oxygen atoms in total. The fraction of sp³-hybridized carbons (Fsp3) is 0. The number of benzene rings is 9. The van der Waals surface area contributed by atoms with Crippen LogP contribution in [0.4, 0.5) is 0 Å². The van der Waals surface area contributed by atoms with Crippen molar-refractivity contribution in [2.24, 2.45) is 0 Å². The molecule has 0 fully saturated rings. The van der Waals surface area contributed by atoms with Crippen molar-refractivity contribution < 1.29 is 0 Å². The molecule has 290 valence electrons. The largest absolute Gasteiger partial charge is 0.309 e. The topological polar surface area (TPSA) is 48.5 Å². The molecule has 12 rings (SSSR count). The van der Waals surface area contributed by atoms with E-state index in [9.17, 15) is 0 Å². The maximum absolute atomic E-state index is 5.28. The molecule has 0 amide bonds. The molecule has 0 spiro atoms. The molecule has 0 saturated heterocycles. The molecule has 0 atom stereocenters. The minimum Gasteiger partial charge on any atom is -0.309 e. The van der Waals surface area contributed by atoms with Crippen LogP contribution >= 0.6 is 0 Å². The smallest absolute Gasteiger partial charge is 0.166 e. The average Bonchev–Trinajstić information content (AvgIpc) is 3.86. The van der Waals surface area contributed by atoms with E-state index >= 15 is 0 Å². The summed E-state index contributed by atoms with van der Waals surface area (Å²) in [5.41, 5.74) is 14.1. The van der Waals surface area contributed by atoms with Crippen molar-refractivity contribution in [2.45, 2.75) is 0 Å². The number of nitrogens with zero attached hydrogens (tertiary/aromatic N) is 5. The molecule has 3 heterocycles. The van der Waals surface area contributed by atoms with Crippen LogP contribution in [0.3, 0.4) is 0 Å². The molecule has 0 bridgehead atoms. The molecule has 62 heavy (non-hydrogen) atoms. The van der Waals surface area contributed by atoms with E-state index in [2.05, 4.69) is 209 Å². The molecule has 0 aliphatic heterocycles. The molecule has 9 aromatic carbocycles. The van der Waals surface area contributed by atoms with Crippen molar-refractivity contribution >= 4 is 43.6 Å². The SMILES string of the molecule is c1ccc(-c2ccc(-n3c4ccccc4c4cc5c(cc43)c3ccccc3n5-c3ccccc3-c3nc(-c4ccccc4)nc(-c4cccc(-c5ccccc5)c4)n3)cc2)cc1. The molecule has 3 aromatic heterocycles. The van der Waals surface area contributed by atoms with Crippen molar-refractivity contribution in [2.75, 3.05) is 0 Å². The first-order valence-electron chi connectivity index (χ1n) is 20.9. The van der Waals surface area contributed by atoms with Gasteiger partial charge in [0.25, 0.3) is 0 Å². The van der Waals surface area contributed by atoms with E-state index in [1.807, 2.05) is 24.3 Å². The van der Waals surface area contributed by atoms with E-state index in [0.29, 0.717) is 17.5 Å². The lowest BCUT2D eigenvalue weighted by molar-refractivity contribution is 1.06. The van der Waals surface area contributed by atoms with Gasteiger partial charge in [0.05, 0.1) is 27.8 Å². The zero-order valence-corrected chi connectivity index (χ0v) is 33.6. The first-order valence-corrected chi connectivity index (χ1v) is 20.9. The summed E-state index contributed by atoms with van der Waals surface area (Å²) in [7, 11) is 0. The molecule has 0 N–H and O–H groups in total. The normalized spacial score (nSPS) is 11.5. The fourth-order valence-electron chi connectivity index (χ4n) is 9.07. The van der Waals surface area contributed by atoms with Crippen molar-refractivity contribution in [1.82, 2.24) is 24.1 Å². The van der Waals surface area contributed by atoms with Crippen LogP contribution < -0.4 is 0 Å². The third kappa shape index (κ3) is 5.98. The van der Waals surface area contributed by atoms with Crippen LogP contribution in [0.15, 0.2) is 224 Å². The number of hydrogen-bond donors (Lipinski definition) is 0. The van der Waals surface area contributed by atoms with Gasteiger partial charge >= 0.3 is 0 Å². The van der Waals surface area contributed by atoms with Gasteiger partial charge in [-0.3, -0.25) is 0 Å². The highest BCUT2D eigenvalue weighted by Crippen LogP contribution is 2.41. The van der Waals surface area contributed by atoms with Gasteiger partial charge in [0.2, 0.25) is 0 Å². The standard InChI is InChI=1S/C57H37N5/c1-4-17-38(18-5-1)40-31-33-44(34-32-40)61-50-28-13-10-25-45(50)48-37-54-49(36-53(48)61)46-26-11-14-29-51(46)62(54)52-30-15-12-27-47(52)57-59-55(41-21-8-3-9-22-41)58-56(60-57)43-24-16-23-42(35-43)39-19-6-2-7-20-39/h1-37H. The second-order valence-electron chi connectivity index (χ2n) is 15.6. The van der Waals surface area contributed by atoms with Gasteiger partial charge in [0.1, 0.15) is 0 Å². The van der Waals surface area contributed by atoms with Gasteiger partial charge in [-0.15, -0.1) is 0 Å². The Kier molecular flexibility index (Phi) is 8.42. The van der Waals surface area contributed by atoms with E-state index in [4.69, 9.17) is 15.0 Å². The fourth-order valence-corrected chi connectivity index (χ4v) is 9.07. The Labute approximate surface area is 358 Å². The maximum Gasteiger partial charge on any atom is 0.166 e. The van der Waals surface area contributed by atoms with E-state index in [1.165, 1.54) is 38.2 Å². The summed E-state index contributed by atoms with van der Waals surface area (Å²) in [6, 6.07) is 79.2.